The van der Waals surface area contributed by atoms with Crippen LogP contribution in [0.5, 0.6) is 17.2 Å². The first kappa shape index (κ1) is 24.1. The number of aliphatic hydroxyl groups excluding tert-OH is 1. The smallest absolute Gasteiger partial charge is 0.295 e. The maximum atomic E-state index is 13.2. The van der Waals surface area contributed by atoms with E-state index in [0.717, 1.165) is 6.54 Å². The maximum Gasteiger partial charge on any atom is 0.295 e. The van der Waals surface area contributed by atoms with E-state index in [1.807, 2.05) is 31.1 Å². The van der Waals surface area contributed by atoms with Crippen LogP contribution in [0.2, 0.25) is 0 Å². The first-order valence-electron chi connectivity index (χ1n) is 10.6. The normalized spacial score (nSPS) is 17.5. The Hall–Kier alpha value is -3.52. The van der Waals surface area contributed by atoms with Gasteiger partial charge in [0.15, 0.2) is 0 Å². The summed E-state index contributed by atoms with van der Waals surface area (Å²) in [6.07, 6.45) is 0.664. The van der Waals surface area contributed by atoms with Gasteiger partial charge >= 0.3 is 0 Å². The lowest BCUT2D eigenvalue weighted by Crippen LogP contribution is -2.32. The SMILES string of the molecule is COc1ccc(C(O)=C2C(=O)C(=O)N(CCCN(C)C)[C@H]2c2ccccc2OC)c(OC)c1. The first-order chi connectivity index (χ1) is 15.8. The van der Waals surface area contributed by atoms with E-state index in [-0.39, 0.29) is 11.3 Å². The molecule has 176 valence electrons. The number of ketones is 1. The monoisotopic (exact) mass is 454 g/mol. The number of para-hydroxylation sites is 1. The molecular weight excluding hydrogens is 424 g/mol. The Balaban J connectivity index is 2.19. The Kier molecular flexibility index (Phi) is 7.60. The van der Waals surface area contributed by atoms with Gasteiger partial charge in [-0.2, -0.15) is 0 Å². The second-order valence-electron chi connectivity index (χ2n) is 7.96. The van der Waals surface area contributed by atoms with Crippen LogP contribution in [0.3, 0.4) is 0 Å². The lowest BCUT2D eigenvalue weighted by atomic mass is 9.94. The van der Waals surface area contributed by atoms with E-state index in [1.54, 1.807) is 30.3 Å². The molecule has 33 heavy (non-hydrogen) atoms. The second kappa shape index (κ2) is 10.4. The minimum atomic E-state index is -0.796. The zero-order valence-corrected chi connectivity index (χ0v) is 19.6. The molecule has 0 spiro atoms. The first-order valence-corrected chi connectivity index (χ1v) is 10.6. The number of benzene rings is 2. The third-order valence-electron chi connectivity index (χ3n) is 5.64. The number of carbonyl (C=O) groups is 2. The van der Waals surface area contributed by atoms with Crippen molar-refractivity contribution >= 4 is 17.4 Å². The van der Waals surface area contributed by atoms with Crippen molar-refractivity contribution < 1.29 is 28.9 Å². The van der Waals surface area contributed by atoms with E-state index in [1.165, 1.54) is 26.2 Å². The second-order valence-corrected chi connectivity index (χ2v) is 7.96. The quantitative estimate of drug-likeness (QED) is 0.354. The van der Waals surface area contributed by atoms with Crippen LogP contribution in [-0.4, -0.2) is 75.1 Å². The zero-order valence-electron chi connectivity index (χ0n) is 19.6. The Labute approximate surface area is 194 Å². The molecule has 1 N–H and O–H groups in total. The molecule has 1 atom stereocenters. The van der Waals surface area contributed by atoms with Crippen molar-refractivity contribution in [2.75, 3.05) is 48.5 Å². The summed E-state index contributed by atoms with van der Waals surface area (Å²) in [5.74, 6) is -0.323. The summed E-state index contributed by atoms with van der Waals surface area (Å²) in [7, 11) is 8.41. The van der Waals surface area contributed by atoms with Gasteiger partial charge < -0.3 is 29.1 Å². The highest BCUT2D eigenvalue weighted by Gasteiger charge is 2.47. The van der Waals surface area contributed by atoms with Gasteiger partial charge in [0.25, 0.3) is 11.7 Å². The molecular formula is C25H30N2O6. The number of hydrogen-bond donors (Lipinski definition) is 1. The van der Waals surface area contributed by atoms with Gasteiger partial charge in [0.2, 0.25) is 0 Å². The van der Waals surface area contributed by atoms with E-state index < -0.39 is 17.7 Å². The zero-order chi connectivity index (χ0) is 24.1. The van der Waals surface area contributed by atoms with Gasteiger partial charge in [-0.1, -0.05) is 18.2 Å². The summed E-state index contributed by atoms with van der Waals surface area (Å²) < 4.78 is 16.2. The Bertz CT molecular complexity index is 1060. The number of nitrogens with zero attached hydrogens (tertiary/aromatic N) is 2. The molecule has 0 unspecified atom stereocenters. The molecule has 1 saturated heterocycles. The number of aliphatic hydroxyl groups is 1. The van der Waals surface area contributed by atoms with Gasteiger partial charge in [0, 0.05) is 18.2 Å². The van der Waals surface area contributed by atoms with Crippen LogP contribution in [0, 0.1) is 0 Å². The van der Waals surface area contributed by atoms with E-state index >= 15 is 0 Å². The van der Waals surface area contributed by atoms with E-state index in [4.69, 9.17) is 14.2 Å². The molecule has 0 radical (unpaired) electrons. The fourth-order valence-corrected chi connectivity index (χ4v) is 4.02. The average molecular weight is 455 g/mol. The molecule has 1 aliphatic heterocycles. The van der Waals surface area contributed by atoms with Crippen molar-refractivity contribution in [1.29, 1.82) is 0 Å². The molecule has 0 aromatic heterocycles. The largest absolute Gasteiger partial charge is 0.507 e. The lowest BCUT2D eigenvalue weighted by Gasteiger charge is -2.27. The van der Waals surface area contributed by atoms with E-state index in [0.29, 0.717) is 41.3 Å². The van der Waals surface area contributed by atoms with Crippen molar-refractivity contribution in [3.63, 3.8) is 0 Å². The van der Waals surface area contributed by atoms with E-state index in [9.17, 15) is 14.7 Å². The lowest BCUT2D eigenvalue weighted by molar-refractivity contribution is -0.140. The Morgan fingerprint density at radius 2 is 1.70 bits per heavy atom. The third kappa shape index (κ3) is 4.80. The molecule has 1 amide bonds. The number of likely N-dealkylation sites (tertiary alicyclic amines) is 1. The van der Waals surface area contributed by atoms with Gasteiger partial charge in [-0.25, -0.2) is 0 Å². The summed E-state index contributed by atoms with van der Waals surface area (Å²) in [6.45, 7) is 1.09. The van der Waals surface area contributed by atoms with E-state index in [2.05, 4.69) is 0 Å². The van der Waals surface area contributed by atoms with Gasteiger partial charge in [0.1, 0.15) is 23.0 Å². The predicted molar refractivity (Wildman–Crippen MR) is 125 cm³/mol. The summed E-state index contributed by atoms with van der Waals surface area (Å²) in [4.78, 5) is 29.8. The summed E-state index contributed by atoms with van der Waals surface area (Å²) in [6, 6.07) is 11.3. The van der Waals surface area contributed by atoms with Crippen LogP contribution in [0.4, 0.5) is 0 Å². The highest BCUT2D eigenvalue weighted by atomic mass is 16.5. The molecule has 0 saturated carbocycles. The minimum absolute atomic E-state index is 0.00202. The fraction of sp³-hybridized carbons (Fsp3) is 0.360. The summed E-state index contributed by atoms with van der Waals surface area (Å²) >= 11 is 0. The number of Topliss-reactive ketones (excluding diaryl/α,β-unsaturated/α-hetero) is 1. The fourth-order valence-electron chi connectivity index (χ4n) is 4.02. The number of carbonyl (C=O) groups excluding carboxylic acids is 2. The molecule has 0 aliphatic carbocycles. The van der Waals surface area contributed by atoms with Gasteiger partial charge in [-0.05, 0) is 45.3 Å². The summed E-state index contributed by atoms with van der Waals surface area (Å²) in [5.41, 5.74) is 0.917. The number of hydrogen-bond acceptors (Lipinski definition) is 7. The molecule has 3 rings (SSSR count). The molecule has 0 bridgehead atoms. The molecule has 8 heteroatoms. The summed E-state index contributed by atoms with van der Waals surface area (Å²) in [5, 5.41) is 11.3. The molecule has 2 aromatic rings. The topological polar surface area (TPSA) is 88.5 Å². The van der Waals surface area contributed by atoms with Crippen LogP contribution in [-0.2, 0) is 9.59 Å². The number of amides is 1. The minimum Gasteiger partial charge on any atom is -0.507 e. The van der Waals surface area contributed by atoms with Crippen molar-refractivity contribution in [3.8, 4) is 17.2 Å². The Morgan fingerprint density at radius 3 is 2.33 bits per heavy atom. The molecule has 1 fully saturated rings. The van der Waals surface area contributed by atoms with Gasteiger partial charge in [0.05, 0.1) is 38.5 Å². The number of rotatable bonds is 9. The van der Waals surface area contributed by atoms with Gasteiger partial charge in [-0.3, -0.25) is 9.59 Å². The number of methoxy groups -OCH3 is 3. The standard InChI is InChI=1S/C25H30N2O6/c1-26(2)13-8-14-27-22(17-9-6-7-10-19(17)32-4)21(24(29)25(27)30)23(28)18-12-11-16(31-3)15-20(18)33-5/h6-7,9-12,15,22,28H,8,13-14H2,1-5H3/t22-/m0/s1. The Morgan fingerprint density at radius 1 is 1.00 bits per heavy atom. The third-order valence-corrected chi connectivity index (χ3v) is 5.64. The van der Waals surface area contributed by atoms with Crippen molar-refractivity contribution in [2.24, 2.45) is 0 Å². The highest BCUT2D eigenvalue weighted by Crippen LogP contribution is 2.44. The van der Waals surface area contributed by atoms with Crippen molar-refractivity contribution in [3.05, 3.63) is 59.2 Å². The predicted octanol–water partition coefficient (Wildman–Crippen LogP) is 3.09. The van der Waals surface area contributed by atoms with Crippen LogP contribution < -0.4 is 14.2 Å². The van der Waals surface area contributed by atoms with Crippen molar-refractivity contribution in [2.45, 2.75) is 12.5 Å². The maximum absolute atomic E-state index is 13.2. The van der Waals surface area contributed by atoms with Gasteiger partial charge in [-0.15, -0.1) is 0 Å². The van der Waals surface area contributed by atoms with Crippen LogP contribution in [0.25, 0.3) is 5.76 Å². The van der Waals surface area contributed by atoms with Crippen LogP contribution in [0.1, 0.15) is 23.6 Å². The number of ether oxygens (including phenoxy) is 3. The molecule has 1 aliphatic rings. The molecule has 1 heterocycles. The van der Waals surface area contributed by atoms with Crippen LogP contribution >= 0.6 is 0 Å². The highest BCUT2D eigenvalue weighted by molar-refractivity contribution is 6.46. The van der Waals surface area contributed by atoms with Crippen molar-refractivity contribution in [1.82, 2.24) is 9.80 Å². The average Bonchev–Trinajstić information content (AvgIpc) is 3.07. The molecule has 8 nitrogen and oxygen atoms in total. The molecule has 2 aromatic carbocycles. The van der Waals surface area contributed by atoms with Crippen LogP contribution in [0.15, 0.2) is 48.0 Å².